The fourth-order valence-corrected chi connectivity index (χ4v) is 3.87. The van der Waals surface area contributed by atoms with Crippen molar-refractivity contribution in [1.29, 1.82) is 0 Å². The molecule has 0 bridgehead atoms. The summed E-state index contributed by atoms with van der Waals surface area (Å²) in [6.07, 6.45) is 1.13. The van der Waals surface area contributed by atoms with E-state index in [1.54, 1.807) is 12.1 Å². The van der Waals surface area contributed by atoms with Crippen molar-refractivity contribution >= 4 is 21.5 Å². The Kier molecular flexibility index (Phi) is 6.87. The van der Waals surface area contributed by atoms with Crippen molar-refractivity contribution in [2.45, 2.75) is 13.2 Å². The van der Waals surface area contributed by atoms with Crippen LogP contribution in [0.25, 0.3) is 0 Å². The molecule has 0 saturated carbocycles. The number of carbonyl (C=O) groups is 1. The topological polar surface area (TPSA) is 89.7 Å². The van der Waals surface area contributed by atoms with E-state index < -0.39 is 10.0 Å². The first-order valence-corrected chi connectivity index (χ1v) is 11.3. The van der Waals surface area contributed by atoms with Crippen LogP contribution in [0.4, 0.5) is 5.69 Å². The number of rotatable bonds is 9. The fraction of sp³-hybridized carbons (Fsp3) is 0.174. The van der Waals surface area contributed by atoms with Crippen LogP contribution >= 0.6 is 0 Å². The smallest absolute Gasteiger partial charge is 0.232 e. The second-order valence-electron chi connectivity index (χ2n) is 6.84. The molecule has 0 aliphatic heterocycles. The second kappa shape index (κ2) is 9.56. The van der Waals surface area contributed by atoms with E-state index in [0.29, 0.717) is 17.0 Å². The summed E-state index contributed by atoms with van der Waals surface area (Å²) in [5.74, 6) is 0.0906. The second-order valence-corrected chi connectivity index (χ2v) is 8.75. The molecule has 7 heteroatoms. The predicted molar refractivity (Wildman–Crippen MR) is 118 cm³/mol. The largest absolute Gasteiger partial charge is 0.487 e. The third kappa shape index (κ3) is 5.46. The van der Waals surface area contributed by atoms with E-state index >= 15 is 0 Å². The van der Waals surface area contributed by atoms with E-state index in [4.69, 9.17) is 10.5 Å². The van der Waals surface area contributed by atoms with Crippen LogP contribution in [0, 0.1) is 0 Å². The third-order valence-corrected chi connectivity index (χ3v) is 5.67. The van der Waals surface area contributed by atoms with Crippen molar-refractivity contribution in [2.75, 3.05) is 17.1 Å². The quantitative estimate of drug-likeness (QED) is 0.532. The van der Waals surface area contributed by atoms with Crippen molar-refractivity contribution < 1.29 is 17.9 Å². The van der Waals surface area contributed by atoms with Gasteiger partial charge in [-0.3, -0.25) is 9.10 Å². The minimum atomic E-state index is -3.66. The molecule has 6 nitrogen and oxygen atoms in total. The van der Waals surface area contributed by atoms with Crippen LogP contribution in [0.5, 0.6) is 5.75 Å². The summed E-state index contributed by atoms with van der Waals surface area (Å²) in [6.45, 7) is 0.212. The first-order chi connectivity index (χ1) is 14.4. The molecule has 0 aliphatic carbocycles. The van der Waals surface area contributed by atoms with Crippen molar-refractivity contribution in [3.05, 3.63) is 95.6 Å². The van der Waals surface area contributed by atoms with E-state index in [0.717, 1.165) is 17.4 Å². The minimum Gasteiger partial charge on any atom is -0.487 e. The normalized spacial score (nSPS) is 11.1. The maximum absolute atomic E-state index is 12.7. The van der Waals surface area contributed by atoms with Crippen molar-refractivity contribution in [1.82, 2.24) is 0 Å². The molecule has 0 unspecified atom stereocenters. The molecule has 0 amide bonds. The molecular weight excluding hydrogens is 400 g/mol. The lowest BCUT2D eigenvalue weighted by Crippen LogP contribution is -2.30. The van der Waals surface area contributed by atoms with Gasteiger partial charge in [-0.1, -0.05) is 60.7 Å². The van der Waals surface area contributed by atoms with Crippen LogP contribution in [-0.2, 0) is 23.2 Å². The van der Waals surface area contributed by atoms with E-state index in [1.807, 2.05) is 60.7 Å². The average Bonchev–Trinajstić information content (AvgIpc) is 2.76. The van der Waals surface area contributed by atoms with Gasteiger partial charge in [-0.2, -0.15) is 0 Å². The number of ether oxygens (including phenoxy) is 1. The standard InChI is InChI=1S/C23H24N2O4S/c1-30(27,28)25(16-18-8-4-2-5-9-18)21-14-20(22(26)15-24)12-13-23(21)29-17-19-10-6-3-7-11-19/h2-14H,15-17,24H2,1H3. The molecule has 3 rings (SSSR count). The highest BCUT2D eigenvalue weighted by molar-refractivity contribution is 7.92. The average molecular weight is 425 g/mol. The molecule has 0 heterocycles. The van der Waals surface area contributed by atoms with Gasteiger partial charge in [0.05, 0.1) is 25.0 Å². The number of ketones is 1. The predicted octanol–water partition coefficient (Wildman–Crippen LogP) is 3.37. The number of hydrogen-bond donors (Lipinski definition) is 1. The number of Topliss-reactive ketones (excluding diaryl/α,β-unsaturated/α-hetero) is 1. The van der Waals surface area contributed by atoms with Gasteiger partial charge in [0, 0.05) is 5.56 Å². The zero-order valence-corrected chi connectivity index (χ0v) is 17.5. The highest BCUT2D eigenvalue weighted by atomic mass is 32.2. The van der Waals surface area contributed by atoms with Gasteiger partial charge in [-0.15, -0.1) is 0 Å². The van der Waals surface area contributed by atoms with E-state index in [2.05, 4.69) is 0 Å². The lowest BCUT2D eigenvalue weighted by molar-refractivity contribution is 0.100. The van der Waals surface area contributed by atoms with Crippen LogP contribution in [-0.4, -0.2) is 27.0 Å². The molecule has 0 aromatic heterocycles. The lowest BCUT2D eigenvalue weighted by Gasteiger charge is -2.25. The van der Waals surface area contributed by atoms with E-state index in [-0.39, 0.29) is 25.5 Å². The Morgan fingerprint density at radius 2 is 1.53 bits per heavy atom. The molecule has 156 valence electrons. The number of benzene rings is 3. The fourth-order valence-electron chi connectivity index (χ4n) is 2.99. The highest BCUT2D eigenvalue weighted by Crippen LogP contribution is 2.33. The van der Waals surface area contributed by atoms with Crippen LogP contribution in [0.15, 0.2) is 78.9 Å². The first-order valence-electron chi connectivity index (χ1n) is 9.44. The van der Waals surface area contributed by atoms with Gasteiger partial charge in [-0.05, 0) is 29.3 Å². The monoisotopic (exact) mass is 424 g/mol. The molecule has 0 radical (unpaired) electrons. The zero-order chi connectivity index (χ0) is 21.6. The number of anilines is 1. The number of carbonyl (C=O) groups excluding carboxylic acids is 1. The first kappa shape index (κ1) is 21.5. The summed E-state index contributed by atoms with van der Waals surface area (Å²) in [7, 11) is -3.66. The number of nitrogens with two attached hydrogens (primary N) is 1. The van der Waals surface area contributed by atoms with Crippen LogP contribution in [0.3, 0.4) is 0 Å². The van der Waals surface area contributed by atoms with Crippen LogP contribution in [0.1, 0.15) is 21.5 Å². The van der Waals surface area contributed by atoms with E-state index in [1.165, 1.54) is 10.4 Å². The zero-order valence-electron chi connectivity index (χ0n) is 16.7. The third-order valence-electron chi connectivity index (χ3n) is 4.54. The molecular formula is C23H24N2O4S. The molecule has 30 heavy (non-hydrogen) atoms. The van der Waals surface area contributed by atoms with Crippen LogP contribution in [0.2, 0.25) is 0 Å². The van der Waals surface area contributed by atoms with Gasteiger partial charge < -0.3 is 10.5 Å². The molecule has 3 aromatic carbocycles. The molecule has 3 aromatic rings. The maximum atomic E-state index is 12.7. The Labute approximate surface area is 177 Å². The summed E-state index contributed by atoms with van der Waals surface area (Å²) in [5.41, 5.74) is 7.89. The molecule has 0 spiro atoms. The van der Waals surface area contributed by atoms with E-state index in [9.17, 15) is 13.2 Å². The molecule has 2 N–H and O–H groups in total. The molecule has 0 atom stereocenters. The lowest BCUT2D eigenvalue weighted by atomic mass is 10.1. The van der Waals surface area contributed by atoms with Gasteiger partial charge in [0.1, 0.15) is 12.4 Å². The number of nitrogens with zero attached hydrogens (tertiary/aromatic N) is 1. The summed E-state index contributed by atoms with van der Waals surface area (Å²) in [5, 5.41) is 0. The van der Waals surface area contributed by atoms with Crippen molar-refractivity contribution in [3.8, 4) is 5.75 Å². The maximum Gasteiger partial charge on any atom is 0.232 e. The Morgan fingerprint density at radius 1 is 0.933 bits per heavy atom. The SMILES string of the molecule is CS(=O)(=O)N(Cc1ccccc1)c1cc(C(=O)CN)ccc1OCc1ccccc1. The van der Waals surface area contributed by atoms with Crippen molar-refractivity contribution in [3.63, 3.8) is 0 Å². The highest BCUT2D eigenvalue weighted by Gasteiger charge is 2.23. The number of hydrogen-bond acceptors (Lipinski definition) is 5. The summed E-state index contributed by atoms with van der Waals surface area (Å²) < 4.78 is 32.6. The Morgan fingerprint density at radius 3 is 2.10 bits per heavy atom. The van der Waals surface area contributed by atoms with Crippen LogP contribution < -0.4 is 14.8 Å². The summed E-state index contributed by atoms with van der Waals surface area (Å²) >= 11 is 0. The van der Waals surface area contributed by atoms with Gasteiger partial charge in [0.15, 0.2) is 5.78 Å². The van der Waals surface area contributed by atoms with Gasteiger partial charge in [0.2, 0.25) is 10.0 Å². The van der Waals surface area contributed by atoms with Gasteiger partial charge in [-0.25, -0.2) is 8.42 Å². The number of sulfonamides is 1. The minimum absolute atomic E-state index is 0.113. The van der Waals surface area contributed by atoms with Crippen molar-refractivity contribution in [2.24, 2.45) is 5.73 Å². The Balaban J connectivity index is 2.03. The molecule has 0 fully saturated rings. The Bertz CT molecular complexity index is 1100. The van der Waals surface area contributed by atoms with Gasteiger partial charge >= 0.3 is 0 Å². The van der Waals surface area contributed by atoms with Gasteiger partial charge in [0.25, 0.3) is 0 Å². The summed E-state index contributed by atoms with van der Waals surface area (Å²) in [6, 6.07) is 23.5. The molecule has 0 aliphatic rings. The summed E-state index contributed by atoms with van der Waals surface area (Å²) in [4.78, 5) is 12.2. The Hall–Kier alpha value is -3.16. The molecule has 0 saturated heterocycles.